The van der Waals surface area contributed by atoms with Gasteiger partial charge in [-0.05, 0) is 31.4 Å². The summed E-state index contributed by atoms with van der Waals surface area (Å²) in [6.45, 7) is 4.92. The Morgan fingerprint density at radius 3 is 2.36 bits per heavy atom. The summed E-state index contributed by atoms with van der Waals surface area (Å²) in [6, 6.07) is 12.5. The number of hydrogen-bond acceptors (Lipinski definition) is 10. The molecule has 1 aliphatic rings. The Morgan fingerprint density at radius 1 is 1.07 bits per heavy atom. The highest BCUT2D eigenvalue weighted by atomic mass is 16.7. The second kappa shape index (κ2) is 14.1. The molecule has 13 nitrogen and oxygen atoms in total. The van der Waals surface area contributed by atoms with Gasteiger partial charge in [-0.15, -0.1) is 0 Å². The van der Waals surface area contributed by atoms with E-state index in [-0.39, 0.29) is 18.0 Å². The second-order valence-electron chi connectivity index (χ2n) is 10.4. The molecule has 0 radical (unpaired) electrons. The van der Waals surface area contributed by atoms with Crippen LogP contribution in [0.1, 0.15) is 50.5 Å². The van der Waals surface area contributed by atoms with Crippen molar-refractivity contribution in [3.8, 4) is 11.3 Å². The highest BCUT2D eigenvalue weighted by Gasteiger charge is 2.55. The maximum Gasteiger partial charge on any atom is 0.552 e. The number of esters is 1. The summed E-state index contributed by atoms with van der Waals surface area (Å²) in [4.78, 5) is 67.4. The fraction of sp³-hybridized carbons (Fsp3) is 0.429. The van der Waals surface area contributed by atoms with Crippen LogP contribution in [0.4, 0.5) is 0 Å². The van der Waals surface area contributed by atoms with Gasteiger partial charge in [0.2, 0.25) is 5.91 Å². The quantitative estimate of drug-likeness (QED) is 0.207. The zero-order valence-electron chi connectivity index (χ0n) is 23.7. The van der Waals surface area contributed by atoms with E-state index in [0.29, 0.717) is 5.69 Å². The first-order valence-corrected chi connectivity index (χ1v) is 13.3. The summed E-state index contributed by atoms with van der Waals surface area (Å²) in [5.41, 5.74) is -0.962. The minimum absolute atomic E-state index is 0.00660. The molecule has 4 N–H and O–H groups in total. The first kappa shape index (κ1) is 32.2. The molecule has 42 heavy (non-hydrogen) atoms. The van der Waals surface area contributed by atoms with E-state index < -0.39 is 73.4 Å². The van der Waals surface area contributed by atoms with E-state index in [0.717, 1.165) is 12.7 Å². The molecular weight excluding hydrogens is 549 g/mol. The maximum atomic E-state index is 13.4. The number of rotatable bonds is 12. The van der Waals surface area contributed by atoms with Crippen LogP contribution in [-0.4, -0.2) is 82.8 Å². The van der Waals surface area contributed by atoms with E-state index in [2.05, 4.69) is 20.4 Å². The monoisotopic (exact) mass is 583 g/mol. The van der Waals surface area contributed by atoms with E-state index in [1.807, 2.05) is 44.2 Å². The van der Waals surface area contributed by atoms with Crippen molar-refractivity contribution in [3.05, 3.63) is 54.2 Å². The van der Waals surface area contributed by atoms with Gasteiger partial charge in [0.25, 0.3) is 11.9 Å². The van der Waals surface area contributed by atoms with Crippen molar-refractivity contribution in [1.82, 2.24) is 15.6 Å². The number of aromatic nitrogens is 1. The number of carboxylic acids is 1. The van der Waals surface area contributed by atoms with Crippen molar-refractivity contribution in [2.45, 2.75) is 63.7 Å². The SMILES string of the molecule is COC(=O)C[C@]1(C(=O)O)CC(=O)OB(C(CC(C)C)NC(=O)C(NC(=O)c2cccc(-c3ccccc3)n2)C(C)O)O1. The lowest BCUT2D eigenvalue weighted by Gasteiger charge is -2.38. The van der Waals surface area contributed by atoms with Crippen LogP contribution in [0.2, 0.25) is 0 Å². The summed E-state index contributed by atoms with van der Waals surface area (Å²) in [5.74, 6) is -6.23. The molecule has 2 aromatic rings. The Labute approximate surface area is 243 Å². The third-order valence-corrected chi connectivity index (χ3v) is 6.55. The van der Waals surface area contributed by atoms with Crippen LogP contribution in [0.3, 0.4) is 0 Å². The summed E-state index contributed by atoms with van der Waals surface area (Å²) >= 11 is 0. The summed E-state index contributed by atoms with van der Waals surface area (Å²) < 4.78 is 15.5. The summed E-state index contributed by atoms with van der Waals surface area (Å²) in [6.07, 6.45) is -2.73. The van der Waals surface area contributed by atoms with Gasteiger partial charge in [0, 0.05) is 5.56 Å². The normalized spacial score (nSPS) is 18.8. The molecule has 2 heterocycles. The summed E-state index contributed by atoms with van der Waals surface area (Å²) in [7, 11) is -0.524. The number of nitrogens with zero attached hydrogens (tertiary/aromatic N) is 1. The number of aliphatic carboxylic acids is 1. The van der Waals surface area contributed by atoms with Crippen molar-refractivity contribution in [1.29, 1.82) is 0 Å². The van der Waals surface area contributed by atoms with Crippen LogP contribution in [0, 0.1) is 5.92 Å². The molecule has 2 amide bonds. The lowest BCUT2D eigenvalue weighted by Crippen LogP contribution is -2.63. The van der Waals surface area contributed by atoms with Crippen LogP contribution in [0.15, 0.2) is 48.5 Å². The van der Waals surface area contributed by atoms with Crippen LogP contribution in [0.25, 0.3) is 11.3 Å². The molecule has 224 valence electrons. The van der Waals surface area contributed by atoms with Gasteiger partial charge in [-0.3, -0.25) is 19.2 Å². The van der Waals surface area contributed by atoms with E-state index >= 15 is 0 Å². The highest BCUT2D eigenvalue weighted by Crippen LogP contribution is 2.30. The van der Waals surface area contributed by atoms with Gasteiger partial charge in [0.05, 0.1) is 37.7 Å². The number of amides is 2. The van der Waals surface area contributed by atoms with E-state index in [4.69, 9.17) is 9.31 Å². The van der Waals surface area contributed by atoms with Crippen molar-refractivity contribution in [2.24, 2.45) is 5.92 Å². The number of carboxylic acid groups (broad SMARTS) is 1. The van der Waals surface area contributed by atoms with Crippen LogP contribution >= 0.6 is 0 Å². The Bertz CT molecular complexity index is 1310. The topological polar surface area (TPSA) is 190 Å². The number of aliphatic hydroxyl groups is 1. The lowest BCUT2D eigenvalue weighted by atomic mass is 9.70. The minimum atomic E-state index is -2.28. The standard InChI is InChI=1S/C28H34BN3O10/c1-16(2)13-21(29-41-23(35)15-28(42-29,27(38)39)14-22(34)40-4)31-26(37)24(17(3)33)32-25(36)20-12-8-11-19(30-20)18-9-6-5-7-10-18/h5-12,16-17,21,24,33H,13-15H2,1-4H3,(H,31,37)(H,32,36)(H,38,39)/t17?,21?,24?,28-/m1/s1. The Hall–Kier alpha value is -4.30. The van der Waals surface area contributed by atoms with E-state index in [9.17, 15) is 34.2 Å². The first-order chi connectivity index (χ1) is 19.8. The van der Waals surface area contributed by atoms with Crippen molar-refractivity contribution in [2.75, 3.05) is 7.11 Å². The molecule has 3 unspecified atom stereocenters. The van der Waals surface area contributed by atoms with Gasteiger partial charge < -0.3 is 34.9 Å². The van der Waals surface area contributed by atoms with E-state index in [1.54, 1.807) is 12.1 Å². The molecule has 1 aliphatic heterocycles. The lowest BCUT2D eigenvalue weighted by molar-refractivity contribution is -0.175. The third kappa shape index (κ3) is 8.14. The Balaban J connectivity index is 1.82. The largest absolute Gasteiger partial charge is 0.552 e. The fourth-order valence-electron chi connectivity index (χ4n) is 4.44. The number of aliphatic hydroxyl groups excluding tert-OH is 1. The molecule has 14 heteroatoms. The molecule has 0 aliphatic carbocycles. The number of carbonyl (C=O) groups excluding carboxylic acids is 4. The molecule has 0 bridgehead atoms. The molecular formula is C28H34BN3O10. The van der Waals surface area contributed by atoms with Gasteiger partial charge in [-0.25, -0.2) is 9.78 Å². The average Bonchev–Trinajstić information content (AvgIpc) is 2.95. The van der Waals surface area contributed by atoms with Gasteiger partial charge in [-0.1, -0.05) is 50.2 Å². The third-order valence-electron chi connectivity index (χ3n) is 6.55. The van der Waals surface area contributed by atoms with Crippen LogP contribution in [0.5, 0.6) is 0 Å². The molecule has 0 spiro atoms. The van der Waals surface area contributed by atoms with Gasteiger partial charge in [0.1, 0.15) is 11.7 Å². The predicted octanol–water partition coefficient (Wildman–Crippen LogP) is 1.14. The first-order valence-electron chi connectivity index (χ1n) is 13.3. The fourth-order valence-corrected chi connectivity index (χ4v) is 4.44. The zero-order valence-corrected chi connectivity index (χ0v) is 23.7. The molecule has 1 saturated heterocycles. The molecule has 1 aromatic carbocycles. The highest BCUT2D eigenvalue weighted by molar-refractivity contribution is 6.50. The predicted molar refractivity (Wildman–Crippen MR) is 149 cm³/mol. The van der Waals surface area contributed by atoms with Crippen LogP contribution < -0.4 is 10.6 Å². The van der Waals surface area contributed by atoms with Crippen molar-refractivity contribution >= 4 is 36.8 Å². The van der Waals surface area contributed by atoms with Gasteiger partial charge >= 0.3 is 19.1 Å². The van der Waals surface area contributed by atoms with Crippen molar-refractivity contribution in [3.63, 3.8) is 0 Å². The molecule has 3 rings (SSSR count). The second-order valence-corrected chi connectivity index (χ2v) is 10.4. The number of hydrogen-bond donors (Lipinski definition) is 4. The van der Waals surface area contributed by atoms with E-state index in [1.165, 1.54) is 13.0 Å². The molecule has 4 atom stereocenters. The summed E-state index contributed by atoms with van der Waals surface area (Å²) in [5, 5.41) is 25.4. The number of methoxy groups -OCH3 is 1. The number of carbonyl (C=O) groups is 5. The number of nitrogens with one attached hydrogen (secondary N) is 2. The average molecular weight is 583 g/mol. The van der Waals surface area contributed by atoms with Gasteiger partial charge in [-0.2, -0.15) is 0 Å². The van der Waals surface area contributed by atoms with Gasteiger partial charge in [0.15, 0.2) is 5.60 Å². The minimum Gasteiger partial charge on any atom is -0.508 e. The number of benzene rings is 1. The molecule has 0 saturated carbocycles. The number of pyridine rings is 1. The molecule has 1 fully saturated rings. The molecule has 1 aromatic heterocycles. The maximum absolute atomic E-state index is 13.4. The Morgan fingerprint density at radius 2 is 1.76 bits per heavy atom. The number of ether oxygens (including phenoxy) is 1. The Kier molecular flexibility index (Phi) is 10.8. The van der Waals surface area contributed by atoms with Crippen molar-refractivity contribution < 1.29 is 48.2 Å². The zero-order chi connectivity index (χ0) is 31.0. The van der Waals surface area contributed by atoms with Crippen LogP contribution in [-0.2, 0) is 33.2 Å². The smallest absolute Gasteiger partial charge is 0.508 e.